The summed E-state index contributed by atoms with van der Waals surface area (Å²) in [6.07, 6.45) is 5.80. The molecule has 10 heteroatoms. The SMILES string of the molecule is O=C(c1cccc(-c2ccc3c(c2)OCO3)c1)N1CCC2(CCCCn3cc(nn3)COCCNC2=O)CC1. The van der Waals surface area contributed by atoms with Gasteiger partial charge in [0.2, 0.25) is 12.7 Å². The van der Waals surface area contributed by atoms with Crippen LogP contribution in [0.5, 0.6) is 11.5 Å². The molecular formula is C29H33N5O5. The third-order valence-corrected chi connectivity index (χ3v) is 7.97. The molecule has 3 aliphatic heterocycles. The lowest BCUT2D eigenvalue weighted by atomic mass is 9.73. The number of fused-ring (bicyclic) bond motifs is 3. The van der Waals surface area contributed by atoms with Crippen molar-refractivity contribution in [1.29, 1.82) is 0 Å². The van der Waals surface area contributed by atoms with Crippen LogP contribution >= 0.6 is 0 Å². The molecule has 1 N–H and O–H groups in total. The molecular weight excluding hydrogens is 498 g/mol. The number of hydrogen-bond donors (Lipinski definition) is 1. The van der Waals surface area contributed by atoms with Crippen molar-refractivity contribution in [1.82, 2.24) is 25.2 Å². The fourth-order valence-electron chi connectivity index (χ4n) is 5.67. The Labute approximate surface area is 227 Å². The van der Waals surface area contributed by atoms with Crippen LogP contribution in [0.15, 0.2) is 48.7 Å². The lowest BCUT2D eigenvalue weighted by Gasteiger charge is -2.41. The van der Waals surface area contributed by atoms with Crippen LogP contribution in [0.4, 0.5) is 0 Å². The van der Waals surface area contributed by atoms with Gasteiger partial charge in [0, 0.05) is 31.7 Å². The zero-order valence-electron chi connectivity index (χ0n) is 21.9. The van der Waals surface area contributed by atoms with Crippen LogP contribution in [0.2, 0.25) is 0 Å². The fourth-order valence-corrected chi connectivity index (χ4v) is 5.67. The first-order valence-electron chi connectivity index (χ1n) is 13.6. The first-order valence-corrected chi connectivity index (χ1v) is 13.6. The van der Waals surface area contributed by atoms with Gasteiger partial charge in [0.25, 0.3) is 5.91 Å². The summed E-state index contributed by atoms with van der Waals surface area (Å²) in [6, 6.07) is 13.5. The molecule has 3 aliphatic rings. The van der Waals surface area contributed by atoms with Gasteiger partial charge in [-0.2, -0.15) is 0 Å². The number of aromatic nitrogens is 3. The summed E-state index contributed by atoms with van der Waals surface area (Å²) in [7, 11) is 0. The van der Waals surface area contributed by atoms with Gasteiger partial charge in [0.1, 0.15) is 5.69 Å². The van der Waals surface area contributed by atoms with Gasteiger partial charge in [0.15, 0.2) is 11.5 Å². The average Bonchev–Trinajstić information content (AvgIpc) is 3.64. The number of nitrogens with one attached hydrogen (secondary N) is 1. The van der Waals surface area contributed by atoms with Crippen molar-refractivity contribution in [2.75, 3.05) is 33.0 Å². The zero-order valence-corrected chi connectivity index (χ0v) is 21.9. The Balaban J connectivity index is 1.12. The Morgan fingerprint density at radius 2 is 1.79 bits per heavy atom. The molecule has 3 aromatic rings. The van der Waals surface area contributed by atoms with Gasteiger partial charge in [-0.25, -0.2) is 0 Å². The number of benzene rings is 2. The molecule has 0 unspecified atom stereocenters. The van der Waals surface area contributed by atoms with E-state index in [-0.39, 0.29) is 18.6 Å². The summed E-state index contributed by atoms with van der Waals surface area (Å²) in [4.78, 5) is 28.8. The number of amides is 2. The highest BCUT2D eigenvalue weighted by molar-refractivity contribution is 5.96. The van der Waals surface area contributed by atoms with Gasteiger partial charge in [0.05, 0.1) is 24.8 Å². The van der Waals surface area contributed by atoms with Crippen LogP contribution in [0.1, 0.15) is 48.2 Å². The maximum Gasteiger partial charge on any atom is 0.253 e. The first kappa shape index (κ1) is 25.4. The molecule has 4 heterocycles. The number of carbonyl (C=O) groups excluding carboxylic acids is 2. The van der Waals surface area contributed by atoms with E-state index in [4.69, 9.17) is 14.2 Å². The second-order valence-corrected chi connectivity index (χ2v) is 10.5. The molecule has 0 saturated carbocycles. The van der Waals surface area contributed by atoms with Crippen LogP contribution in [-0.2, 0) is 22.7 Å². The lowest BCUT2D eigenvalue weighted by molar-refractivity contribution is -0.134. The van der Waals surface area contributed by atoms with Crippen molar-refractivity contribution in [2.24, 2.45) is 5.41 Å². The van der Waals surface area contributed by atoms with E-state index in [1.165, 1.54) is 0 Å². The Hall–Kier alpha value is -3.92. The molecule has 0 aliphatic carbocycles. The van der Waals surface area contributed by atoms with Crippen molar-refractivity contribution in [3.63, 3.8) is 0 Å². The average molecular weight is 532 g/mol. The number of rotatable bonds is 2. The predicted octanol–water partition coefficient (Wildman–Crippen LogP) is 3.41. The largest absolute Gasteiger partial charge is 0.454 e. The van der Waals surface area contributed by atoms with Crippen LogP contribution in [0.25, 0.3) is 11.1 Å². The van der Waals surface area contributed by atoms with E-state index in [2.05, 4.69) is 15.6 Å². The highest BCUT2D eigenvalue weighted by Crippen LogP contribution is 2.38. The summed E-state index contributed by atoms with van der Waals surface area (Å²) in [6.45, 7) is 3.32. The van der Waals surface area contributed by atoms with Crippen LogP contribution < -0.4 is 14.8 Å². The normalized spacial score (nSPS) is 19.4. The molecule has 0 atom stereocenters. The van der Waals surface area contributed by atoms with Gasteiger partial charge < -0.3 is 24.4 Å². The van der Waals surface area contributed by atoms with E-state index >= 15 is 0 Å². The predicted molar refractivity (Wildman–Crippen MR) is 142 cm³/mol. The molecule has 2 amide bonds. The van der Waals surface area contributed by atoms with Gasteiger partial charge in [-0.05, 0) is 61.1 Å². The van der Waals surface area contributed by atoms with Gasteiger partial charge in [-0.15, -0.1) is 5.10 Å². The standard InChI is InChI=1S/C29H33N5O5/c35-27(23-5-3-4-21(16-23)22-6-7-25-26(17-22)39-20-38-25)33-13-9-29(10-14-33)8-1-2-12-34-18-24(31-32-34)19-37-15-11-30-28(29)36/h3-7,16-18H,1-2,8-15,19-20H2,(H,30,36). The number of nitrogens with zero attached hydrogens (tertiary/aromatic N) is 4. The molecule has 6 rings (SSSR count). The maximum atomic E-state index is 13.5. The number of ether oxygens (including phenoxy) is 3. The van der Waals surface area contributed by atoms with Crippen molar-refractivity contribution in [3.05, 3.63) is 59.9 Å². The summed E-state index contributed by atoms with van der Waals surface area (Å²) in [5, 5.41) is 11.4. The minimum atomic E-state index is -0.483. The van der Waals surface area contributed by atoms with Crippen molar-refractivity contribution >= 4 is 11.8 Å². The molecule has 0 radical (unpaired) electrons. The number of hydrogen-bond acceptors (Lipinski definition) is 7. The molecule has 1 spiro atoms. The maximum absolute atomic E-state index is 13.5. The summed E-state index contributed by atoms with van der Waals surface area (Å²) in [5.74, 6) is 1.50. The highest BCUT2D eigenvalue weighted by Gasteiger charge is 2.41. The first-order chi connectivity index (χ1) is 19.1. The number of likely N-dealkylation sites (tertiary alicyclic amines) is 1. The summed E-state index contributed by atoms with van der Waals surface area (Å²) < 4.78 is 18.4. The van der Waals surface area contributed by atoms with E-state index in [0.29, 0.717) is 57.0 Å². The third kappa shape index (κ3) is 5.47. The summed E-state index contributed by atoms with van der Waals surface area (Å²) in [5.41, 5.74) is 2.87. The second-order valence-electron chi connectivity index (χ2n) is 10.5. The fraction of sp³-hybridized carbons (Fsp3) is 0.448. The topological polar surface area (TPSA) is 108 Å². The molecule has 2 bridgehead atoms. The van der Waals surface area contributed by atoms with Crippen LogP contribution in [0, 0.1) is 5.41 Å². The van der Waals surface area contributed by atoms with Crippen LogP contribution in [0.3, 0.4) is 0 Å². The van der Waals surface area contributed by atoms with Crippen molar-refractivity contribution in [2.45, 2.75) is 45.3 Å². The van der Waals surface area contributed by atoms with E-state index in [1.54, 1.807) is 0 Å². The van der Waals surface area contributed by atoms with Gasteiger partial charge in [-0.1, -0.05) is 29.8 Å². The van der Waals surface area contributed by atoms with E-state index in [9.17, 15) is 9.59 Å². The van der Waals surface area contributed by atoms with E-state index < -0.39 is 5.41 Å². The number of aryl methyl sites for hydroxylation is 1. The third-order valence-electron chi connectivity index (χ3n) is 7.97. The Bertz CT molecular complexity index is 1350. The van der Waals surface area contributed by atoms with Gasteiger partial charge >= 0.3 is 0 Å². The minimum absolute atomic E-state index is 0.0101. The molecule has 204 valence electrons. The zero-order chi connectivity index (χ0) is 26.7. The molecule has 2 aromatic carbocycles. The van der Waals surface area contributed by atoms with Gasteiger partial charge in [-0.3, -0.25) is 14.3 Å². The van der Waals surface area contributed by atoms with Crippen LogP contribution in [-0.4, -0.2) is 64.7 Å². The number of carbonyl (C=O) groups is 2. The van der Waals surface area contributed by atoms with E-state index in [1.807, 2.05) is 58.2 Å². The molecule has 10 nitrogen and oxygen atoms in total. The Morgan fingerprint density at radius 3 is 2.69 bits per heavy atom. The van der Waals surface area contributed by atoms with E-state index in [0.717, 1.165) is 48.4 Å². The smallest absolute Gasteiger partial charge is 0.253 e. The quantitative estimate of drug-likeness (QED) is 0.540. The minimum Gasteiger partial charge on any atom is -0.454 e. The molecule has 1 saturated heterocycles. The molecule has 39 heavy (non-hydrogen) atoms. The Kier molecular flexibility index (Phi) is 7.19. The molecule has 1 aromatic heterocycles. The molecule has 1 fully saturated rings. The van der Waals surface area contributed by atoms with Crippen molar-refractivity contribution < 1.29 is 23.8 Å². The van der Waals surface area contributed by atoms with Crippen molar-refractivity contribution in [3.8, 4) is 22.6 Å². The Morgan fingerprint density at radius 1 is 0.949 bits per heavy atom. The lowest BCUT2D eigenvalue weighted by Crippen LogP contribution is -2.50. The monoisotopic (exact) mass is 531 g/mol. The number of piperidine rings is 1. The summed E-state index contributed by atoms with van der Waals surface area (Å²) >= 11 is 0. The highest BCUT2D eigenvalue weighted by atomic mass is 16.7. The second kappa shape index (κ2) is 11.1.